The number of nitrogens with one attached hydrogen (secondary N) is 2. The molecule has 3 N–H and O–H groups in total. The number of sulfonamides is 1. The van der Waals surface area contributed by atoms with Gasteiger partial charge in [-0.2, -0.15) is 4.31 Å². The zero-order valence-corrected chi connectivity index (χ0v) is 26.1. The average molecular weight is 605 g/mol. The van der Waals surface area contributed by atoms with Gasteiger partial charge < -0.3 is 19.9 Å². The number of fused-ring (bicyclic) bond motifs is 1. The molecule has 0 saturated heterocycles. The summed E-state index contributed by atoms with van der Waals surface area (Å²) in [6, 6.07) is 12.7. The maximum atomic E-state index is 13.9. The van der Waals surface area contributed by atoms with Gasteiger partial charge in [0.2, 0.25) is 22.2 Å². The lowest BCUT2D eigenvalue weighted by atomic mass is 9.99. The summed E-state index contributed by atoms with van der Waals surface area (Å²) in [5, 5.41) is 15.7. The highest BCUT2D eigenvalue weighted by Gasteiger charge is 2.36. The van der Waals surface area contributed by atoms with Crippen LogP contribution in [0.2, 0.25) is 0 Å². The standard InChI is InChI=1S/C30H44N4O7S/c1-20(2)14-30(37)34(32-29(36)17-31-6)25(15-23-10-8-7-9-11-23)26(35)19-33(18-21(3)4)42(38,39)24-12-13-27-28(16-24)41-22(5)40-27/h7-13,16,20-22,25-26,31,35H,14-15,17-19H2,1-6H3,(H,32,36)/t22?,25-,26+/m0/s1. The number of nitrogens with zero attached hydrogens (tertiary/aromatic N) is 2. The third-order valence-electron chi connectivity index (χ3n) is 6.60. The molecule has 3 atom stereocenters. The molecule has 0 spiro atoms. The highest BCUT2D eigenvalue weighted by molar-refractivity contribution is 7.89. The van der Waals surface area contributed by atoms with E-state index in [2.05, 4.69) is 10.7 Å². The molecule has 0 bridgehead atoms. The zero-order valence-electron chi connectivity index (χ0n) is 25.2. The van der Waals surface area contributed by atoms with Crippen molar-refractivity contribution in [3.63, 3.8) is 0 Å². The predicted molar refractivity (Wildman–Crippen MR) is 159 cm³/mol. The van der Waals surface area contributed by atoms with E-state index in [4.69, 9.17) is 9.47 Å². The number of carbonyl (C=O) groups is 2. The van der Waals surface area contributed by atoms with Crippen LogP contribution >= 0.6 is 0 Å². The summed E-state index contributed by atoms with van der Waals surface area (Å²) in [4.78, 5) is 26.1. The average Bonchev–Trinajstić information content (AvgIpc) is 3.29. The molecule has 232 valence electrons. The van der Waals surface area contributed by atoms with Gasteiger partial charge in [-0.15, -0.1) is 0 Å². The molecular weight excluding hydrogens is 560 g/mol. The Morgan fingerprint density at radius 2 is 1.64 bits per heavy atom. The Morgan fingerprint density at radius 3 is 2.26 bits per heavy atom. The van der Waals surface area contributed by atoms with E-state index in [1.54, 1.807) is 20.0 Å². The number of hydrogen-bond donors (Lipinski definition) is 3. The number of likely N-dealkylation sites (N-methyl/N-ethyl adjacent to an activating group) is 1. The second-order valence-corrected chi connectivity index (χ2v) is 13.3. The second-order valence-electron chi connectivity index (χ2n) is 11.4. The van der Waals surface area contributed by atoms with Gasteiger partial charge in [-0.1, -0.05) is 58.0 Å². The molecule has 0 aliphatic carbocycles. The fraction of sp³-hybridized carbons (Fsp3) is 0.533. The van der Waals surface area contributed by atoms with Crippen molar-refractivity contribution in [3.8, 4) is 11.5 Å². The first-order valence-corrected chi connectivity index (χ1v) is 15.7. The molecule has 0 saturated carbocycles. The van der Waals surface area contributed by atoms with Gasteiger partial charge in [0.05, 0.1) is 23.6 Å². The second kappa shape index (κ2) is 14.8. The van der Waals surface area contributed by atoms with Crippen molar-refractivity contribution in [2.75, 3.05) is 26.7 Å². The summed E-state index contributed by atoms with van der Waals surface area (Å²) in [6.07, 6.45) is -1.57. The molecule has 12 heteroatoms. The van der Waals surface area contributed by atoms with Crippen LogP contribution in [0, 0.1) is 11.8 Å². The molecule has 42 heavy (non-hydrogen) atoms. The molecule has 2 amide bonds. The summed E-state index contributed by atoms with van der Waals surface area (Å²) in [5.74, 6) is -0.131. The molecule has 2 aromatic rings. The minimum absolute atomic E-state index is 0.00136. The number of amides is 2. The lowest BCUT2D eigenvalue weighted by Gasteiger charge is -2.37. The van der Waals surface area contributed by atoms with Gasteiger partial charge in [0, 0.05) is 32.5 Å². The maximum Gasteiger partial charge on any atom is 0.252 e. The van der Waals surface area contributed by atoms with Crippen molar-refractivity contribution >= 4 is 21.8 Å². The molecule has 2 aromatic carbocycles. The lowest BCUT2D eigenvalue weighted by molar-refractivity contribution is -0.148. The number of aliphatic hydroxyl groups excluding tert-OH is 1. The Bertz CT molecular complexity index is 1300. The first-order valence-electron chi connectivity index (χ1n) is 14.3. The number of hydrogen-bond acceptors (Lipinski definition) is 8. The molecule has 11 nitrogen and oxygen atoms in total. The van der Waals surface area contributed by atoms with Gasteiger partial charge in [-0.25, -0.2) is 13.4 Å². The topological polar surface area (TPSA) is 138 Å². The number of benzene rings is 2. The Morgan fingerprint density at radius 1 is 0.976 bits per heavy atom. The van der Waals surface area contributed by atoms with Crippen molar-refractivity contribution in [3.05, 3.63) is 54.1 Å². The Labute approximate surface area is 249 Å². The first-order chi connectivity index (χ1) is 19.8. The van der Waals surface area contributed by atoms with Crippen LogP contribution in [-0.2, 0) is 26.0 Å². The highest BCUT2D eigenvalue weighted by Crippen LogP contribution is 2.37. The van der Waals surface area contributed by atoms with Crippen molar-refractivity contribution in [1.82, 2.24) is 20.1 Å². The maximum absolute atomic E-state index is 13.9. The summed E-state index contributed by atoms with van der Waals surface area (Å²) in [7, 11) is -2.48. The molecule has 0 radical (unpaired) electrons. The smallest absolute Gasteiger partial charge is 0.252 e. The highest BCUT2D eigenvalue weighted by atomic mass is 32.2. The molecule has 0 aromatic heterocycles. The summed E-state index contributed by atoms with van der Waals surface area (Å²) in [5.41, 5.74) is 3.48. The van der Waals surface area contributed by atoms with Crippen LogP contribution in [0.5, 0.6) is 11.5 Å². The predicted octanol–water partition coefficient (Wildman–Crippen LogP) is 2.55. The first kappa shape index (κ1) is 33.3. The van der Waals surface area contributed by atoms with Gasteiger partial charge in [-0.3, -0.25) is 15.0 Å². The number of aliphatic hydroxyl groups is 1. The molecular formula is C30H44N4O7S. The number of carbonyl (C=O) groups excluding carboxylic acids is 2. The Kier molecular flexibility index (Phi) is 11.7. The van der Waals surface area contributed by atoms with Crippen LogP contribution in [0.4, 0.5) is 0 Å². The van der Waals surface area contributed by atoms with Crippen molar-refractivity contribution < 1.29 is 32.6 Å². The van der Waals surface area contributed by atoms with E-state index in [9.17, 15) is 23.1 Å². The zero-order chi connectivity index (χ0) is 31.0. The van der Waals surface area contributed by atoms with Gasteiger partial charge in [-0.05, 0) is 43.0 Å². The third kappa shape index (κ3) is 8.90. The van der Waals surface area contributed by atoms with Crippen LogP contribution in [0.3, 0.4) is 0 Å². The minimum Gasteiger partial charge on any atom is -0.451 e. The Balaban J connectivity index is 1.99. The molecule has 0 fully saturated rings. The molecule has 1 aliphatic heterocycles. The number of ether oxygens (including phenoxy) is 2. The van der Waals surface area contributed by atoms with Crippen LogP contribution in [0.25, 0.3) is 0 Å². The van der Waals surface area contributed by atoms with Crippen molar-refractivity contribution in [1.29, 1.82) is 0 Å². The van der Waals surface area contributed by atoms with Gasteiger partial charge in [0.25, 0.3) is 5.91 Å². The van der Waals surface area contributed by atoms with E-state index in [0.717, 1.165) is 5.56 Å². The SMILES string of the molecule is CNCC(=O)NN(C(=O)CC(C)C)[C@@H](Cc1ccccc1)[C@H](O)CN(CC(C)C)S(=O)(=O)c1ccc2c(c1)OC(C)O2. The van der Waals surface area contributed by atoms with E-state index in [0.29, 0.717) is 11.5 Å². The van der Waals surface area contributed by atoms with E-state index < -0.39 is 34.4 Å². The molecule has 1 heterocycles. The minimum atomic E-state index is -4.10. The van der Waals surface area contributed by atoms with Gasteiger partial charge in [0.1, 0.15) is 0 Å². The molecule has 1 unspecified atom stereocenters. The van der Waals surface area contributed by atoms with Crippen LogP contribution in [0.1, 0.15) is 46.6 Å². The lowest BCUT2D eigenvalue weighted by Crippen LogP contribution is -2.60. The monoisotopic (exact) mass is 604 g/mol. The fourth-order valence-corrected chi connectivity index (χ4v) is 6.38. The summed E-state index contributed by atoms with van der Waals surface area (Å²) < 4.78 is 40.2. The van der Waals surface area contributed by atoms with Crippen LogP contribution < -0.4 is 20.2 Å². The number of hydrazine groups is 1. The molecule has 3 rings (SSSR count). The molecule has 1 aliphatic rings. The summed E-state index contributed by atoms with van der Waals surface area (Å²) in [6.45, 7) is 9.02. The third-order valence-corrected chi connectivity index (χ3v) is 8.42. The fourth-order valence-electron chi connectivity index (χ4n) is 4.74. The van der Waals surface area contributed by atoms with Crippen LogP contribution in [0.15, 0.2) is 53.4 Å². The number of rotatable bonds is 14. The van der Waals surface area contributed by atoms with Crippen LogP contribution in [-0.4, -0.2) is 79.8 Å². The van der Waals surface area contributed by atoms with Crippen molar-refractivity contribution in [2.24, 2.45) is 11.8 Å². The quantitative estimate of drug-likeness (QED) is 0.280. The van der Waals surface area contributed by atoms with E-state index in [1.165, 1.54) is 21.4 Å². The van der Waals surface area contributed by atoms with Crippen molar-refractivity contribution in [2.45, 2.75) is 70.8 Å². The van der Waals surface area contributed by atoms with E-state index in [1.807, 2.05) is 58.0 Å². The normalized spacial score (nSPS) is 16.1. The Hall–Kier alpha value is -3.19. The summed E-state index contributed by atoms with van der Waals surface area (Å²) >= 11 is 0. The van der Waals surface area contributed by atoms with Gasteiger partial charge >= 0.3 is 0 Å². The van der Waals surface area contributed by atoms with E-state index in [-0.39, 0.29) is 55.1 Å². The van der Waals surface area contributed by atoms with E-state index >= 15 is 0 Å². The van der Waals surface area contributed by atoms with Gasteiger partial charge in [0.15, 0.2) is 11.5 Å². The largest absolute Gasteiger partial charge is 0.451 e.